The molecule has 2 aliphatic rings. The third-order valence-electron chi connectivity index (χ3n) is 8.52. The number of aliphatic hydroxyl groups excluding tert-OH is 1. The molecule has 2 aliphatic heterocycles. The minimum atomic E-state index is -2.93. The van der Waals surface area contributed by atoms with E-state index in [1.54, 1.807) is 25.1 Å². The molecule has 0 radical (unpaired) electrons. The summed E-state index contributed by atoms with van der Waals surface area (Å²) in [5, 5.41) is 20.4. The largest absolute Gasteiger partial charge is 0.508 e. The van der Waals surface area contributed by atoms with Gasteiger partial charge in [-0.25, -0.2) is 13.2 Å². The van der Waals surface area contributed by atoms with Gasteiger partial charge in [-0.05, 0) is 82.7 Å². The first-order chi connectivity index (χ1) is 19.5. The van der Waals surface area contributed by atoms with E-state index in [1.807, 2.05) is 19.0 Å². The van der Waals surface area contributed by atoms with Gasteiger partial charge in [0.15, 0.2) is 5.78 Å². The van der Waals surface area contributed by atoms with E-state index in [0.717, 1.165) is 24.3 Å². The number of piperidine rings is 1. The molecular weight excluding hydrogens is 535 g/mol. The minimum Gasteiger partial charge on any atom is -0.508 e. The Morgan fingerprint density at radius 2 is 1.78 bits per heavy atom. The predicted octanol–water partition coefficient (Wildman–Crippen LogP) is 3.92. The second-order valence-electron chi connectivity index (χ2n) is 11.6. The normalized spacial score (nSPS) is 25.3. The van der Waals surface area contributed by atoms with E-state index < -0.39 is 48.0 Å². The zero-order chi connectivity index (χ0) is 29.8. The number of halogens is 3. The van der Waals surface area contributed by atoms with Crippen molar-refractivity contribution in [1.29, 1.82) is 0 Å². The van der Waals surface area contributed by atoms with Crippen molar-refractivity contribution < 1.29 is 33.0 Å². The highest BCUT2D eigenvalue weighted by Gasteiger charge is 2.50. The number of likely N-dealkylation sites (tertiary alicyclic amines) is 2. The van der Waals surface area contributed by atoms with Crippen LogP contribution in [0.15, 0.2) is 42.5 Å². The molecule has 5 atom stereocenters. The Morgan fingerprint density at radius 1 is 1.07 bits per heavy atom. The maximum absolute atomic E-state index is 14.9. The number of amides is 1. The summed E-state index contributed by atoms with van der Waals surface area (Å²) < 4.78 is 42.9. The summed E-state index contributed by atoms with van der Waals surface area (Å²) in [5.74, 6) is -3.94. The van der Waals surface area contributed by atoms with E-state index in [2.05, 4.69) is 4.90 Å². The van der Waals surface area contributed by atoms with Crippen LogP contribution in [0.4, 0.5) is 13.2 Å². The van der Waals surface area contributed by atoms with Crippen molar-refractivity contribution >= 4 is 11.7 Å². The Kier molecular flexibility index (Phi) is 10.1. The Balaban J connectivity index is 1.78. The fraction of sp³-hybridized carbons (Fsp3) is 0.548. The van der Waals surface area contributed by atoms with Crippen LogP contribution in [0.2, 0.25) is 0 Å². The fourth-order valence-electron chi connectivity index (χ4n) is 6.43. The zero-order valence-electron chi connectivity index (χ0n) is 23.8. The molecule has 2 heterocycles. The number of phenols is 1. The number of aliphatic hydroxyl groups is 1. The van der Waals surface area contributed by atoms with Gasteiger partial charge in [0.25, 0.3) is 6.43 Å². The summed E-state index contributed by atoms with van der Waals surface area (Å²) in [7, 11) is 3.96. The summed E-state index contributed by atoms with van der Waals surface area (Å²) in [6.45, 7) is 3.55. The van der Waals surface area contributed by atoms with Crippen molar-refractivity contribution in [2.24, 2.45) is 11.8 Å². The van der Waals surface area contributed by atoms with Gasteiger partial charge in [0.2, 0.25) is 5.91 Å². The number of carbonyl (C=O) groups excluding carboxylic acids is 2. The Bertz CT molecular complexity index is 1230. The maximum atomic E-state index is 14.9. The molecule has 224 valence electrons. The van der Waals surface area contributed by atoms with Gasteiger partial charge in [-0.3, -0.25) is 9.59 Å². The minimum absolute atomic E-state index is 0.0195. The number of aromatic hydroxyl groups is 1. The molecule has 7 nitrogen and oxygen atoms in total. The smallest absolute Gasteiger partial charge is 0.261 e. The molecule has 2 aromatic rings. The number of rotatable bonds is 10. The highest BCUT2D eigenvalue weighted by Crippen LogP contribution is 2.43. The molecule has 2 saturated heterocycles. The lowest BCUT2D eigenvalue weighted by atomic mass is 9.69. The van der Waals surface area contributed by atoms with Crippen molar-refractivity contribution in [1.82, 2.24) is 14.7 Å². The maximum Gasteiger partial charge on any atom is 0.261 e. The van der Waals surface area contributed by atoms with Gasteiger partial charge >= 0.3 is 0 Å². The third kappa shape index (κ3) is 6.93. The van der Waals surface area contributed by atoms with E-state index in [-0.39, 0.29) is 36.6 Å². The molecule has 4 rings (SSSR count). The molecule has 41 heavy (non-hydrogen) atoms. The van der Waals surface area contributed by atoms with Crippen molar-refractivity contribution in [3.8, 4) is 5.75 Å². The lowest BCUT2D eigenvalue weighted by Gasteiger charge is -2.45. The Hall–Kier alpha value is -2.95. The summed E-state index contributed by atoms with van der Waals surface area (Å²) >= 11 is 0. The number of unbranched alkanes of at least 4 members (excludes halogenated alkanes) is 1. The van der Waals surface area contributed by atoms with Crippen molar-refractivity contribution in [3.63, 3.8) is 0 Å². The Labute approximate surface area is 239 Å². The Morgan fingerprint density at radius 3 is 2.46 bits per heavy atom. The molecule has 0 saturated carbocycles. The van der Waals surface area contributed by atoms with Crippen molar-refractivity contribution in [2.45, 2.75) is 50.7 Å². The summed E-state index contributed by atoms with van der Waals surface area (Å²) in [4.78, 5) is 33.4. The highest BCUT2D eigenvalue weighted by atomic mass is 19.3. The first-order valence-electron chi connectivity index (χ1n) is 14.2. The van der Waals surface area contributed by atoms with Gasteiger partial charge in [-0.15, -0.1) is 0 Å². The number of carbonyl (C=O) groups is 2. The summed E-state index contributed by atoms with van der Waals surface area (Å²) in [6, 6.07) is 8.89. The lowest BCUT2D eigenvalue weighted by Crippen LogP contribution is -2.55. The van der Waals surface area contributed by atoms with Gasteiger partial charge in [0, 0.05) is 37.0 Å². The highest BCUT2D eigenvalue weighted by molar-refractivity contribution is 5.99. The van der Waals surface area contributed by atoms with Gasteiger partial charge < -0.3 is 24.9 Å². The molecular formula is C31H40F3N3O4. The van der Waals surface area contributed by atoms with E-state index in [4.69, 9.17) is 0 Å². The van der Waals surface area contributed by atoms with E-state index >= 15 is 0 Å². The molecule has 1 amide bonds. The number of hydrogen-bond acceptors (Lipinski definition) is 6. The summed E-state index contributed by atoms with van der Waals surface area (Å²) in [5.41, 5.74) is 1.05. The fourth-order valence-corrected chi connectivity index (χ4v) is 6.43. The lowest BCUT2D eigenvalue weighted by molar-refractivity contribution is -0.144. The molecule has 10 heteroatoms. The zero-order valence-corrected chi connectivity index (χ0v) is 23.8. The number of hydrogen-bond donors (Lipinski definition) is 2. The number of ketones is 1. The predicted molar refractivity (Wildman–Crippen MR) is 150 cm³/mol. The van der Waals surface area contributed by atoms with Crippen LogP contribution >= 0.6 is 0 Å². The first kappa shape index (κ1) is 31.0. The number of alkyl halides is 2. The second-order valence-corrected chi connectivity index (χ2v) is 11.6. The van der Waals surface area contributed by atoms with Crippen LogP contribution in [0.5, 0.6) is 5.75 Å². The molecule has 0 spiro atoms. The molecule has 2 fully saturated rings. The van der Waals surface area contributed by atoms with Crippen LogP contribution < -0.4 is 0 Å². The number of nitrogens with zero attached hydrogens (tertiary/aromatic N) is 3. The molecule has 0 bridgehead atoms. The number of benzene rings is 2. The van der Waals surface area contributed by atoms with E-state index in [0.29, 0.717) is 24.2 Å². The number of Topliss-reactive ketones (excluding diaryl/α,β-unsaturated/α-hetero) is 1. The second kappa shape index (κ2) is 13.4. The van der Waals surface area contributed by atoms with Crippen LogP contribution in [0.3, 0.4) is 0 Å². The number of phenolic OH excluding ortho intramolecular Hbond substituents is 1. The molecule has 1 unspecified atom stereocenters. The van der Waals surface area contributed by atoms with Gasteiger partial charge in [0.05, 0.1) is 12.0 Å². The molecule has 2 aromatic carbocycles. The SMILES string of the molecule is Cc1c(F)cccc1[C@@H]1[C@@H](C(=O)N2CCC(O)[C@H]2C(F)F)CN(CCCCN(C)C)C[C@H]1C(=O)c1cccc(O)c1. The average molecular weight is 576 g/mol. The van der Waals surface area contributed by atoms with E-state index in [1.165, 1.54) is 24.3 Å². The average Bonchev–Trinajstić information content (AvgIpc) is 3.33. The molecule has 0 aliphatic carbocycles. The van der Waals surface area contributed by atoms with Crippen molar-refractivity contribution in [2.75, 3.05) is 46.8 Å². The van der Waals surface area contributed by atoms with Crippen LogP contribution in [0.25, 0.3) is 0 Å². The topological polar surface area (TPSA) is 84.3 Å². The summed E-state index contributed by atoms with van der Waals surface area (Å²) in [6.07, 6.45) is -2.54. The van der Waals surface area contributed by atoms with Crippen LogP contribution in [-0.4, -0.2) is 102 Å². The quantitative estimate of drug-likeness (QED) is 0.330. The monoisotopic (exact) mass is 575 g/mol. The van der Waals surface area contributed by atoms with Crippen LogP contribution in [-0.2, 0) is 4.79 Å². The van der Waals surface area contributed by atoms with E-state index in [9.17, 15) is 33.0 Å². The van der Waals surface area contributed by atoms with Gasteiger partial charge in [-0.1, -0.05) is 24.3 Å². The van der Waals surface area contributed by atoms with Crippen LogP contribution in [0.1, 0.15) is 46.7 Å². The standard InChI is InChI=1S/C31H40F3N3O4/c1-19-22(10-7-11-25(19)32)27-23(29(40)20-8-6-9-21(38)16-20)17-36(14-5-4-13-35(2)3)18-24(27)31(41)37-15-12-26(39)28(37)30(33)34/h6-11,16,23-24,26-28,30,38-39H,4-5,12-15,17-18H2,1-3H3/t23-,24+,26?,27+,28+/m1/s1. The molecule has 0 aromatic heterocycles. The van der Waals surface area contributed by atoms with Gasteiger partial charge in [0.1, 0.15) is 17.6 Å². The van der Waals surface area contributed by atoms with Gasteiger partial charge in [-0.2, -0.15) is 0 Å². The van der Waals surface area contributed by atoms with Crippen LogP contribution in [0, 0.1) is 24.6 Å². The third-order valence-corrected chi connectivity index (χ3v) is 8.52. The van der Waals surface area contributed by atoms with Crippen molar-refractivity contribution in [3.05, 3.63) is 65.0 Å². The molecule has 2 N–H and O–H groups in total. The first-order valence-corrected chi connectivity index (χ1v) is 14.2.